The molecule has 4 heteroatoms. The normalized spacial score (nSPS) is 10.9. The van der Waals surface area contributed by atoms with Gasteiger partial charge >= 0.3 is 0 Å². The minimum atomic E-state index is -0.181. The zero-order valence-corrected chi connectivity index (χ0v) is 17.3. The first kappa shape index (κ1) is 19.2. The largest absolute Gasteiger partial charge is 0.322 e. The summed E-state index contributed by atoms with van der Waals surface area (Å²) < 4.78 is 0. The van der Waals surface area contributed by atoms with Gasteiger partial charge in [-0.25, -0.2) is 4.98 Å². The fraction of sp³-hybridized carbons (Fsp3) is 0.120. The fourth-order valence-electron chi connectivity index (χ4n) is 3.34. The second-order valence-corrected chi connectivity index (χ2v) is 7.64. The molecule has 0 radical (unpaired) electrons. The van der Waals surface area contributed by atoms with Crippen molar-refractivity contribution in [2.75, 3.05) is 5.32 Å². The lowest BCUT2D eigenvalue weighted by Gasteiger charge is -2.13. The standard InChI is InChI=1S/C25H21ClN2O/c1-15-11-12-18(13-16(15)2)24-14-20(19-7-4-5-9-23(19)27-24)25(29)28-22-10-6-8-21(26)17(22)3/h4-14H,1-3H3,(H,28,29). The second kappa shape index (κ2) is 7.69. The summed E-state index contributed by atoms with van der Waals surface area (Å²) in [5, 5.41) is 4.45. The van der Waals surface area contributed by atoms with E-state index < -0.39 is 0 Å². The summed E-state index contributed by atoms with van der Waals surface area (Å²) in [6.07, 6.45) is 0. The number of carbonyl (C=O) groups is 1. The number of pyridine rings is 1. The van der Waals surface area contributed by atoms with Gasteiger partial charge in [0.2, 0.25) is 0 Å². The van der Waals surface area contributed by atoms with Gasteiger partial charge in [-0.3, -0.25) is 4.79 Å². The average molecular weight is 401 g/mol. The van der Waals surface area contributed by atoms with Crippen LogP contribution in [0, 0.1) is 20.8 Å². The smallest absolute Gasteiger partial charge is 0.256 e. The van der Waals surface area contributed by atoms with Crippen molar-refractivity contribution in [1.29, 1.82) is 0 Å². The molecule has 0 bridgehead atoms. The van der Waals surface area contributed by atoms with E-state index in [9.17, 15) is 4.79 Å². The molecular formula is C25H21ClN2O. The van der Waals surface area contributed by atoms with E-state index in [1.807, 2.05) is 61.5 Å². The summed E-state index contributed by atoms with van der Waals surface area (Å²) in [6.45, 7) is 6.05. The number of hydrogen-bond donors (Lipinski definition) is 1. The van der Waals surface area contributed by atoms with Crippen LogP contribution in [0.1, 0.15) is 27.0 Å². The van der Waals surface area contributed by atoms with Crippen LogP contribution in [0.2, 0.25) is 5.02 Å². The molecule has 0 unspecified atom stereocenters. The number of benzene rings is 3. The van der Waals surface area contributed by atoms with Crippen LogP contribution in [-0.2, 0) is 0 Å². The first-order chi connectivity index (χ1) is 13.9. The third-order valence-electron chi connectivity index (χ3n) is 5.28. The molecule has 1 N–H and O–H groups in total. The van der Waals surface area contributed by atoms with Crippen LogP contribution in [-0.4, -0.2) is 10.9 Å². The molecule has 1 amide bonds. The van der Waals surface area contributed by atoms with Crippen molar-refractivity contribution in [1.82, 2.24) is 4.98 Å². The van der Waals surface area contributed by atoms with Crippen LogP contribution in [0.25, 0.3) is 22.2 Å². The van der Waals surface area contributed by atoms with Crippen molar-refractivity contribution in [3.05, 3.63) is 94.0 Å². The van der Waals surface area contributed by atoms with E-state index in [-0.39, 0.29) is 5.91 Å². The minimum Gasteiger partial charge on any atom is -0.322 e. The summed E-state index contributed by atoms with van der Waals surface area (Å²) in [5.74, 6) is -0.181. The molecule has 0 aliphatic carbocycles. The average Bonchev–Trinajstić information content (AvgIpc) is 2.72. The number of carbonyl (C=O) groups excluding carboxylic acids is 1. The minimum absolute atomic E-state index is 0.181. The van der Waals surface area contributed by atoms with Gasteiger partial charge < -0.3 is 5.32 Å². The van der Waals surface area contributed by atoms with Gasteiger partial charge in [-0.05, 0) is 67.8 Å². The van der Waals surface area contributed by atoms with Crippen LogP contribution in [0.4, 0.5) is 5.69 Å². The number of halogens is 1. The van der Waals surface area contributed by atoms with Gasteiger partial charge in [0, 0.05) is 21.7 Å². The number of aryl methyl sites for hydroxylation is 2. The molecule has 4 rings (SSSR count). The lowest BCUT2D eigenvalue weighted by Crippen LogP contribution is -2.14. The van der Waals surface area contributed by atoms with Gasteiger partial charge in [0.15, 0.2) is 0 Å². The highest BCUT2D eigenvalue weighted by atomic mass is 35.5. The number of nitrogens with one attached hydrogen (secondary N) is 1. The van der Waals surface area contributed by atoms with Gasteiger partial charge in [0.1, 0.15) is 0 Å². The third-order valence-corrected chi connectivity index (χ3v) is 5.69. The first-order valence-electron chi connectivity index (χ1n) is 9.48. The van der Waals surface area contributed by atoms with E-state index in [0.717, 1.165) is 27.7 Å². The van der Waals surface area contributed by atoms with Crippen LogP contribution in [0.5, 0.6) is 0 Å². The Morgan fingerprint density at radius 2 is 1.69 bits per heavy atom. The van der Waals surface area contributed by atoms with E-state index in [0.29, 0.717) is 16.3 Å². The number of nitrogens with zero attached hydrogens (tertiary/aromatic N) is 1. The third kappa shape index (κ3) is 3.74. The lowest BCUT2D eigenvalue weighted by molar-refractivity contribution is 0.102. The highest BCUT2D eigenvalue weighted by molar-refractivity contribution is 6.31. The summed E-state index contributed by atoms with van der Waals surface area (Å²) in [5.41, 5.74) is 7.11. The first-order valence-corrected chi connectivity index (χ1v) is 9.86. The Labute approximate surface area is 175 Å². The maximum atomic E-state index is 13.2. The van der Waals surface area contributed by atoms with Gasteiger partial charge in [-0.15, -0.1) is 0 Å². The molecule has 3 nitrogen and oxygen atoms in total. The summed E-state index contributed by atoms with van der Waals surface area (Å²) in [4.78, 5) is 18.0. The molecule has 1 aromatic heterocycles. The summed E-state index contributed by atoms with van der Waals surface area (Å²) >= 11 is 6.21. The Balaban J connectivity index is 1.83. The molecular weight excluding hydrogens is 380 g/mol. The zero-order chi connectivity index (χ0) is 20.5. The maximum Gasteiger partial charge on any atom is 0.256 e. The Hall–Kier alpha value is -3.17. The molecule has 29 heavy (non-hydrogen) atoms. The van der Waals surface area contributed by atoms with E-state index in [1.165, 1.54) is 11.1 Å². The van der Waals surface area contributed by atoms with Gasteiger partial charge in [0.25, 0.3) is 5.91 Å². The molecule has 0 spiro atoms. The summed E-state index contributed by atoms with van der Waals surface area (Å²) in [7, 11) is 0. The number of anilines is 1. The molecule has 144 valence electrons. The molecule has 0 aliphatic rings. The van der Waals surface area contributed by atoms with Crippen molar-refractivity contribution in [2.24, 2.45) is 0 Å². The Morgan fingerprint density at radius 3 is 2.48 bits per heavy atom. The molecule has 1 heterocycles. The SMILES string of the molecule is Cc1ccc(-c2cc(C(=O)Nc3cccc(Cl)c3C)c3ccccc3n2)cc1C. The van der Waals surface area contributed by atoms with Crippen LogP contribution >= 0.6 is 11.6 Å². The van der Waals surface area contributed by atoms with Crippen LogP contribution in [0.15, 0.2) is 66.7 Å². The molecule has 0 atom stereocenters. The van der Waals surface area contributed by atoms with Gasteiger partial charge in [0.05, 0.1) is 16.8 Å². The number of amides is 1. The lowest BCUT2D eigenvalue weighted by atomic mass is 10.0. The second-order valence-electron chi connectivity index (χ2n) is 7.24. The fourth-order valence-corrected chi connectivity index (χ4v) is 3.52. The molecule has 0 aliphatic heterocycles. The van der Waals surface area contributed by atoms with Crippen molar-refractivity contribution in [2.45, 2.75) is 20.8 Å². The van der Waals surface area contributed by atoms with E-state index in [1.54, 1.807) is 0 Å². The Kier molecular flexibility index (Phi) is 5.08. The summed E-state index contributed by atoms with van der Waals surface area (Å²) in [6, 6.07) is 21.3. The van der Waals surface area contributed by atoms with Gasteiger partial charge in [-0.2, -0.15) is 0 Å². The monoisotopic (exact) mass is 400 g/mol. The molecule has 4 aromatic rings. The Morgan fingerprint density at radius 1 is 0.897 bits per heavy atom. The molecule has 0 fully saturated rings. The number of rotatable bonds is 3. The number of aromatic nitrogens is 1. The topological polar surface area (TPSA) is 42.0 Å². The number of fused-ring (bicyclic) bond motifs is 1. The number of para-hydroxylation sites is 1. The highest BCUT2D eigenvalue weighted by Crippen LogP contribution is 2.28. The van der Waals surface area contributed by atoms with Crippen LogP contribution < -0.4 is 5.32 Å². The highest BCUT2D eigenvalue weighted by Gasteiger charge is 2.15. The van der Waals surface area contributed by atoms with Crippen LogP contribution in [0.3, 0.4) is 0 Å². The predicted molar refractivity (Wildman–Crippen MR) is 121 cm³/mol. The molecule has 0 saturated heterocycles. The van der Waals surface area contributed by atoms with Crippen molar-refractivity contribution >= 4 is 34.1 Å². The van der Waals surface area contributed by atoms with Crippen molar-refractivity contribution in [3.8, 4) is 11.3 Å². The maximum absolute atomic E-state index is 13.2. The number of hydrogen-bond acceptors (Lipinski definition) is 2. The van der Waals surface area contributed by atoms with Crippen molar-refractivity contribution < 1.29 is 4.79 Å². The van der Waals surface area contributed by atoms with E-state index in [2.05, 4.69) is 31.3 Å². The molecule has 0 saturated carbocycles. The molecule has 3 aromatic carbocycles. The Bertz CT molecular complexity index is 1250. The van der Waals surface area contributed by atoms with E-state index >= 15 is 0 Å². The van der Waals surface area contributed by atoms with Gasteiger partial charge in [-0.1, -0.05) is 48.0 Å². The van der Waals surface area contributed by atoms with Crippen molar-refractivity contribution in [3.63, 3.8) is 0 Å². The van der Waals surface area contributed by atoms with E-state index in [4.69, 9.17) is 16.6 Å². The zero-order valence-electron chi connectivity index (χ0n) is 16.6. The quantitative estimate of drug-likeness (QED) is 0.414. The predicted octanol–water partition coefficient (Wildman–Crippen LogP) is 6.73.